The molecule has 29 heavy (non-hydrogen) atoms. The third-order valence-corrected chi connectivity index (χ3v) is 5.97. The normalized spacial score (nSPS) is 15.4. The van der Waals surface area contributed by atoms with Crippen molar-refractivity contribution in [3.63, 3.8) is 0 Å². The second kappa shape index (κ2) is 9.36. The topological polar surface area (TPSA) is 56.6 Å². The predicted octanol–water partition coefficient (Wildman–Crippen LogP) is 4.73. The molecule has 6 nitrogen and oxygen atoms in total. The molecule has 1 saturated heterocycles. The summed E-state index contributed by atoms with van der Waals surface area (Å²) in [7, 11) is 1.68. The lowest BCUT2D eigenvalue weighted by molar-refractivity contribution is 0.0184. The molecule has 0 bridgehead atoms. The van der Waals surface area contributed by atoms with Crippen molar-refractivity contribution in [1.29, 1.82) is 0 Å². The van der Waals surface area contributed by atoms with E-state index in [9.17, 15) is 4.79 Å². The van der Waals surface area contributed by atoms with E-state index in [-0.39, 0.29) is 6.09 Å². The molecular formula is C22H30IN3O3. The highest BCUT2D eigenvalue weighted by Crippen LogP contribution is 2.25. The summed E-state index contributed by atoms with van der Waals surface area (Å²) in [6.45, 7) is 7.99. The number of hydrogen-bond acceptors (Lipinski definition) is 4. The third-order valence-electron chi connectivity index (χ3n) is 5.06. The van der Waals surface area contributed by atoms with Crippen molar-refractivity contribution >= 4 is 28.7 Å². The number of carbonyl (C=O) groups is 1. The molecule has 158 valence electrons. The maximum Gasteiger partial charge on any atom is 0.410 e. The smallest absolute Gasteiger partial charge is 0.410 e. The van der Waals surface area contributed by atoms with Gasteiger partial charge in [-0.25, -0.2) is 4.79 Å². The van der Waals surface area contributed by atoms with Crippen molar-refractivity contribution in [3.05, 3.63) is 45.3 Å². The van der Waals surface area contributed by atoms with E-state index in [1.807, 2.05) is 42.5 Å². The first-order valence-electron chi connectivity index (χ1n) is 10.1. The number of likely N-dealkylation sites (tertiary alicyclic amines) is 1. The quantitative estimate of drug-likeness (QED) is 0.545. The summed E-state index contributed by atoms with van der Waals surface area (Å²) in [5.41, 5.74) is 2.04. The average molecular weight is 511 g/mol. The van der Waals surface area contributed by atoms with Gasteiger partial charge in [0.15, 0.2) is 0 Å². The van der Waals surface area contributed by atoms with Gasteiger partial charge in [0.05, 0.1) is 13.7 Å². The molecule has 0 N–H and O–H groups in total. The molecule has 2 heterocycles. The summed E-state index contributed by atoms with van der Waals surface area (Å²) in [5, 5.41) is 4.69. The van der Waals surface area contributed by atoms with Crippen LogP contribution in [0.1, 0.15) is 44.7 Å². The van der Waals surface area contributed by atoms with Gasteiger partial charge in [-0.15, -0.1) is 0 Å². The largest absolute Gasteiger partial charge is 0.497 e. The van der Waals surface area contributed by atoms with E-state index in [2.05, 4.69) is 46.0 Å². The molecule has 1 aliphatic heterocycles. The molecule has 1 aromatic carbocycles. The fraction of sp³-hybridized carbons (Fsp3) is 0.545. The van der Waals surface area contributed by atoms with Crippen LogP contribution < -0.4 is 4.74 Å². The molecule has 0 atom stereocenters. The second-order valence-electron chi connectivity index (χ2n) is 8.61. The lowest BCUT2D eigenvalue weighted by atomic mass is 9.91. The molecular weight excluding hydrogens is 481 g/mol. The van der Waals surface area contributed by atoms with Gasteiger partial charge in [0.25, 0.3) is 0 Å². The summed E-state index contributed by atoms with van der Waals surface area (Å²) < 4.78 is 13.8. The zero-order chi connectivity index (χ0) is 21.0. The molecule has 1 amide bonds. The molecule has 1 aromatic heterocycles. The van der Waals surface area contributed by atoms with Crippen LogP contribution in [0.4, 0.5) is 4.79 Å². The number of benzene rings is 1. The van der Waals surface area contributed by atoms with Gasteiger partial charge < -0.3 is 14.4 Å². The molecule has 7 heteroatoms. The Kier molecular flexibility index (Phi) is 7.08. The van der Waals surface area contributed by atoms with Crippen LogP contribution in [0.5, 0.6) is 5.75 Å². The number of halogens is 1. The Balaban J connectivity index is 1.53. The molecule has 1 fully saturated rings. The first-order valence-corrected chi connectivity index (χ1v) is 11.1. The van der Waals surface area contributed by atoms with Crippen LogP contribution in [-0.4, -0.2) is 46.6 Å². The van der Waals surface area contributed by atoms with Crippen LogP contribution in [0, 0.1) is 9.62 Å². The number of piperidine rings is 1. The monoisotopic (exact) mass is 511 g/mol. The molecule has 0 radical (unpaired) electrons. The first-order chi connectivity index (χ1) is 13.7. The van der Waals surface area contributed by atoms with Gasteiger partial charge in [-0.3, -0.25) is 4.68 Å². The van der Waals surface area contributed by atoms with Gasteiger partial charge in [-0.05, 0) is 86.2 Å². The van der Waals surface area contributed by atoms with Gasteiger partial charge in [0, 0.05) is 24.8 Å². The van der Waals surface area contributed by atoms with Gasteiger partial charge in [0.2, 0.25) is 0 Å². The Morgan fingerprint density at radius 2 is 1.86 bits per heavy atom. The van der Waals surface area contributed by atoms with Crippen LogP contribution in [0.2, 0.25) is 0 Å². The van der Waals surface area contributed by atoms with Crippen molar-refractivity contribution in [3.8, 4) is 5.75 Å². The maximum atomic E-state index is 12.2. The van der Waals surface area contributed by atoms with Gasteiger partial charge in [-0.2, -0.15) is 5.10 Å². The summed E-state index contributed by atoms with van der Waals surface area (Å²) in [4.78, 5) is 14.1. The molecule has 0 unspecified atom stereocenters. The number of amides is 1. The number of carbonyl (C=O) groups excluding carboxylic acids is 1. The predicted molar refractivity (Wildman–Crippen MR) is 121 cm³/mol. The molecule has 3 rings (SSSR count). The van der Waals surface area contributed by atoms with Crippen LogP contribution in [-0.2, 0) is 17.7 Å². The van der Waals surface area contributed by atoms with E-state index in [1.165, 1.54) is 11.1 Å². The average Bonchev–Trinajstić information content (AvgIpc) is 3.00. The van der Waals surface area contributed by atoms with Crippen LogP contribution in [0.25, 0.3) is 0 Å². The van der Waals surface area contributed by atoms with E-state index in [1.54, 1.807) is 7.11 Å². The molecule has 0 saturated carbocycles. The fourth-order valence-electron chi connectivity index (χ4n) is 3.53. The van der Waals surface area contributed by atoms with Crippen molar-refractivity contribution in [1.82, 2.24) is 14.7 Å². The molecule has 2 aromatic rings. The van der Waals surface area contributed by atoms with Gasteiger partial charge in [0.1, 0.15) is 15.1 Å². The highest BCUT2D eigenvalue weighted by molar-refractivity contribution is 14.1. The number of methoxy groups -OCH3 is 1. The lowest BCUT2D eigenvalue weighted by Gasteiger charge is -2.33. The van der Waals surface area contributed by atoms with E-state index >= 15 is 0 Å². The molecule has 0 spiro atoms. The molecule has 1 aliphatic rings. The Hall–Kier alpha value is -1.77. The fourth-order valence-corrected chi connectivity index (χ4v) is 4.17. The van der Waals surface area contributed by atoms with Crippen molar-refractivity contribution < 1.29 is 14.3 Å². The summed E-state index contributed by atoms with van der Waals surface area (Å²) in [5.74, 6) is 1.43. The number of hydrogen-bond donors (Lipinski definition) is 0. The maximum absolute atomic E-state index is 12.2. The number of nitrogens with zero attached hydrogens (tertiary/aromatic N) is 3. The number of ether oxygens (including phenoxy) is 2. The minimum absolute atomic E-state index is 0.196. The number of rotatable bonds is 5. The number of aromatic nitrogens is 2. The van der Waals surface area contributed by atoms with Crippen molar-refractivity contribution in [2.75, 3.05) is 20.2 Å². The van der Waals surface area contributed by atoms with E-state index in [0.717, 1.165) is 48.3 Å². The lowest BCUT2D eigenvalue weighted by Crippen LogP contribution is -2.42. The minimum Gasteiger partial charge on any atom is -0.497 e. The zero-order valence-corrected chi connectivity index (χ0v) is 19.8. The van der Waals surface area contributed by atoms with E-state index in [0.29, 0.717) is 5.92 Å². The first kappa shape index (κ1) is 21.9. The van der Waals surface area contributed by atoms with Gasteiger partial charge in [-0.1, -0.05) is 12.1 Å². The Morgan fingerprint density at radius 3 is 2.45 bits per heavy atom. The summed E-state index contributed by atoms with van der Waals surface area (Å²) >= 11 is 2.32. The zero-order valence-electron chi connectivity index (χ0n) is 17.7. The Labute approximate surface area is 186 Å². The standard InChI is InChI=1S/C22H30IN3O3/c1-22(2,3)29-21(27)25-11-9-16(10-12-25)13-18-15-26(24-20(18)23)14-17-5-7-19(28-4)8-6-17/h5-8,15-16H,9-14H2,1-4H3. The van der Waals surface area contributed by atoms with Crippen LogP contribution >= 0.6 is 22.6 Å². The van der Waals surface area contributed by atoms with Gasteiger partial charge >= 0.3 is 6.09 Å². The summed E-state index contributed by atoms with van der Waals surface area (Å²) in [6, 6.07) is 8.09. The Bertz CT molecular complexity index is 819. The van der Waals surface area contributed by atoms with Crippen molar-refractivity contribution in [2.24, 2.45) is 5.92 Å². The van der Waals surface area contributed by atoms with Crippen LogP contribution in [0.3, 0.4) is 0 Å². The minimum atomic E-state index is -0.442. The summed E-state index contributed by atoms with van der Waals surface area (Å²) in [6.07, 6.45) is 4.96. The van der Waals surface area contributed by atoms with Crippen LogP contribution in [0.15, 0.2) is 30.5 Å². The SMILES string of the molecule is COc1ccc(Cn2cc(CC3CCN(C(=O)OC(C)(C)C)CC3)c(I)n2)cc1. The third kappa shape index (κ3) is 6.35. The van der Waals surface area contributed by atoms with E-state index in [4.69, 9.17) is 9.47 Å². The highest BCUT2D eigenvalue weighted by atomic mass is 127. The second-order valence-corrected chi connectivity index (χ2v) is 9.63. The van der Waals surface area contributed by atoms with Crippen molar-refractivity contribution in [2.45, 2.75) is 52.2 Å². The Morgan fingerprint density at radius 1 is 1.21 bits per heavy atom. The van der Waals surface area contributed by atoms with E-state index < -0.39 is 5.60 Å². The highest BCUT2D eigenvalue weighted by Gasteiger charge is 2.27. The molecule has 0 aliphatic carbocycles.